The Morgan fingerprint density at radius 2 is 2.26 bits per heavy atom. The fourth-order valence-electron chi connectivity index (χ4n) is 4.07. The number of nitrogens with zero attached hydrogens (tertiary/aromatic N) is 1. The van der Waals surface area contributed by atoms with Crippen molar-refractivity contribution in [2.75, 3.05) is 20.2 Å². The standard InChI is InChI=1S/C18H22FNO3/c1-3-23-17(22)13-11-20(2)18(10-16(13)21)9-5-6-12-14(18)7-4-8-15(12)19/h4,7-8,13H,3,5-6,9-11H2,1-2H3. The fourth-order valence-corrected chi connectivity index (χ4v) is 4.07. The summed E-state index contributed by atoms with van der Waals surface area (Å²) in [7, 11) is 1.92. The maximum atomic E-state index is 14.2. The van der Waals surface area contributed by atoms with Gasteiger partial charge in [-0.25, -0.2) is 4.39 Å². The molecule has 0 amide bonds. The first-order chi connectivity index (χ1) is 11.0. The molecule has 3 rings (SSSR count). The van der Waals surface area contributed by atoms with Crippen LogP contribution in [-0.2, 0) is 26.3 Å². The Labute approximate surface area is 135 Å². The monoisotopic (exact) mass is 319 g/mol. The number of ether oxygens (including phenoxy) is 1. The van der Waals surface area contributed by atoms with Gasteiger partial charge in [-0.05, 0) is 50.4 Å². The lowest BCUT2D eigenvalue weighted by Gasteiger charge is -2.49. The summed E-state index contributed by atoms with van der Waals surface area (Å²) in [6.07, 6.45) is 2.59. The number of piperidine rings is 1. The number of halogens is 1. The molecule has 0 N–H and O–H groups in total. The van der Waals surface area contributed by atoms with Crippen molar-refractivity contribution in [3.63, 3.8) is 0 Å². The highest BCUT2D eigenvalue weighted by atomic mass is 19.1. The number of esters is 1. The number of ketones is 1. The summed E-state index contributed by atoms with van der Waals surface area (Å²) in [5.41, 5.74) is 1.13. The van der Waals surface area contributed by atoms with E-state index in [2.05, 4.69) is 0 Å². The average molecular weight is 319 g/mol. The van der Waals surface area contributed by atoms with Crippen LogP contribution in [0.5, 0.6) is 0 Å². The van der Waals surface area contributed by atoms with Crippen molar-refractivity contribution in [3.05, 3.63) is 35.1 Å². The van der Waals surface area contributed by atoms with Crippen LogP contribution in [0, 0.1) is 11.7 Å². The molecule has 1 saturated heterocycles. The summed E-state index contributed by atoms with van der Waals surface area (Å²) in [4.78, 5) is 26.6. The van der Waals surface area contributed by atoms with E-state index in [0.717, 1.165) is 18.4 Å². The predicted molar refractivity (Wildman–Crippen MR) is 83.4 cm³/mol. The Morgan fingerprint density at radius 3 is 3.00 bits per heavy atom. The largest absolute Gasteiger partial charge is 0.465 e. The molecule has 0 bridgehead atoms. The minimum Gasteiger partial charge on any atom is -0.465 e. The first-order valence-corrected chi connectivity index (χ1v) is 8.18. The zero-order valence-corrected chi connectivity index (χ0v) is 13.6. The molecule has 1 heterocycles. The molecule has 2 unspecified atom stereocenters. The third kappa shape index (κ3) is 2.57. The third-order valence-corrected chi connectivity index (χ3v) is 5.25. The van der Waals surface area contributed by atoms with Crippen LogP contribution < -0.4 is 0 Å². The first-order valence-electron chi connectivity index (χ1n) is 8.18. The summed E-state index contributed by atoms with van der Waals surface area (Å²) >= 11 is 0. The van der Waals surface area contributed by atoms with Gasteiger partial charge in [-0.2, -0.15) is 0 Å². The van der Waals surface area contributed by atoms with Crippen LogP contribution in [-0.4, -0.2) is 36.9 Å². The zero-order chi connectivity index (χ0) is 16.6. The van der Waals surface area contributed by atoms with Crippen molar-refractivity contribution < 1.29 is 18.7 Å². The van der Waals surface area contributed by atoms with Gasteiger partial charge in [0.15, 0.2) is 5.78 Å². The third-order valence-electron chi connectivity index (χ3n) is 5.25. The maximum Gasteiger partial charge on any atom is 0.317 e. The number of benzene rings is 1. The highest BCUT2D eigenvalue weighted by Crippen LogP contribution is 2.46. The van der Waals surface area contributed by atoms with Crippen LogP contribution in [0.4, 0.5) is 4.39 Å². The summed E-state index contributed by atoms with van der Waals surface area (Å²) in [6, 6.07) is 5.10. The molecule has 4 nitrogen and oxygen atoms in total. The highest BCUT2D eigenvalue weighted by Gasteiger charge is 2.49. The first kappa shape index (κ1) is 16.1. The highest BCUT2D eigenvalue weighted by molar-refractivity contribution is 6.00. The molecule has 1 spiro atoms. The molecule has 1 aromatic rings. The summed E-state index contributed by atoms with van der Waals surface area (Å²) in [6.45, 7) is 2.33. The van der Waals surface area contributed by atoms with Gasteiger partial charge in [0.2, 0.25) is 0 Å². The Bertz CT molecular complexity index is 645. The average Bonchev–Trinajstić information content (AvgIpc) is 2.52. The van der Waals surface area contributed by atoms with Crippen molar-refractivity contribution in [2.45, 2.75) is 38.1 Å². The number of carbonyl (C=O) groups excluding carboxylic acids is 2. The van der Waals surface area contributed by atoms with Gasteiger partial charge in [0.1, 0.15) is 11.7 Å². The summed E-state index contributed by atoms with van der Waals surface area (Å²) in [5.74, 6) is -1.48. The lowest BCUT2D eigenvalue weighted by Crippen LogP contribution is -2.56. The van der Waals surface area contributed by atoms with Crippen LogP contribution in [0.3, 0.4) is 0 Å². The lowest BCUT2D eigenvalue weighted by molar-refractivity contribution is -0.157. The van der Waals surface area contributed by atoms with Crippen molar-refractivity contribution in [1.29, 1.82) is 0 Å². The van der Waals surface area contributed by atoms with E-state index in [1.54, 1.807) is 13.0 Å². The number of Topliss-reactive ketones (excluding diaryl/α,β-unsaturated/α-hetero) is 1. The molecule has 5 heteroatoms. The van der Waals surface area contributed by atoms with E-state index < -0.39 is 17.4 Å². The fraction of sp³-hybridized carbons (Fsp3) is 0.556. The Balaban J connectivity index is 1.96. The topological polar surface area (TPSA) is 46.6 Å². The van der Waals surface area contributed by atoms with E-state index in [0.29, 0.717) is 18.5 Å². The van der Waals surface area contributed by atoms with Gasteiger partial charge in [-0.15, -0.1) is 0 Å². The van der Waals surface area contributed by atoms with Gasteiger partial charge in [-0.3, -0.25) is 14.5 Å². The van der Waals surface area contributed by atoms with Crippen LogP contribution in [0.25, 0.3) is 0 Å². The van der Waals surface area contributed by atoms with Gasteiger partial charge >= 0.3 is 5.97 Å². The van der Waals surface area contributed by atoms with E-state index in [4.69, 9.17) is 4.74 Å². The molecule has 23 heavy (non-hydrogen) atoms. The van der Waals surface area contributed by atoms with Gasteiger partial charge < -0.3 is 4.74 Å². The van der Waals surface area contributed by atoms with Gasteiger partial charge in [-0.1, -0.05) is 12.1 Å². The molecule has 1 fully saturated rings. The maximum absolute atomic E-state index is 14.2. The second-order valence-electron chi connectivity index (χ2n) is 6.48. The van der Waals surface area contributed by atoms with Crippen LogP contribution in [0.15, 0.2) is 18.2 Å². The van der Waals surface area contributed by atoms with Crippen molar-refractivity contribution >= 4 is 11.8 Å². The number of fused-ring (bicyclic) bond motifs is 2. The van der Waals surface area contributed by atoms with Gasteiger partial charge in [0.05, 0.1) is 12.1 Å². The number of hydrogen-bond donors (Lipinski definition) is 0. The van der Waals surface area contributed by atoms with Gasteiger partial charge in [0.25, 0.3) is 0 Å². The number of likely N-dealkylation sites (tertiary alicyclic amines) is 1. The van der Waals surface area contributed by atoms with E-state index in [9.17, 15) is 14.0 Å². The van der Waals surface area contributed by atoms with Crippen molar-refractivity contribution in [2.24, 2.45) is 5.92 Å². The molecule has 1 aliphatic heterocycles. The SMILES string of the molecule is CCOC(=O)C1CN(C)C2(CCCc3c(F)cccc32)CC1=O. The molecular weight excluding hydrogens is 297 g/mol. The van der Waals surface area contributed by atoms with E-state index in [1.807, 2.05) is 18.0 Å². The molecule has 1 aromatic carbocycles. The van der Waals surface area contributed by atoms with Crippen LogP contribution in [0.2, 0.25) is 0 Å². The summed E-state index contributed by atoms with van der Waals surface area (Å²) in [5, 5.41) is 0. The second kappa shape index (κ2) is 6.04. The normalized spacial score (nSPS) is 27.8. The van der Waals surface area contributed by atoms with E-state index >= 15 is 0 Å². The summed E-state index contributed by atoms with van der Waals surface area (Å²) < 4.78 is 19.2. The van der Waals surface area contributed by atoms with Crippen molar-refractivity contribution in [3.8, 4) is 0 Å². The molecule has 124 valence electrons. The Kier molecular flexibility index (Phi) is 4.23. The molecule has 0 aromatic heterocycles. The van der Waals surface area contributed by atoms with Crippen LogP contribution >= 0.6 is 0 Å². The quantitative estimate of drug-likeness (QED) is 0.620. The minimum atomic E-state index is -0.732. The minimum absolute atomic E-state index is 0.0985. The Morgan fingerprint density at radius 1 is 1.48 bits per heavy atom. The number of rotatable bonds is 2. The van der Waals surface area contributed by atoms with Crippen LogP contribution in [0.1, 0.15) is 37.3 Å². The Hall–Kier alpha value is -1.75. The smallest absolute Gasteiger partial charge is 0.317 e. The van der Waals surface area contributed by atoms with E-state index in [1.165, 1.54) is 6.07 Å². The molecule has 2 aliphatic rings. The second-order valence-corrected chi connectivity index (χ2v) is 6.48. The zero-order valence-electron chi connectivity index (χ0n) is 13.6. The molecule has 1 aliphatic carbocycles. The number of hydrogen-bond acceptors (Lipinski definition) is 4. The molecule has 0 saturated carbocycles. The molecular formula is C18H22FNO3. The predicted octanol–water partition coefficient (Wildman–Crippen LogP) is 2.44. The molecule has 0 radical (unpaired) electrons. The van der Waals surface area contributed by atoms with Crippen molar-refractivity contribution in [1.82, 2.24) is 4.90 Å². The van der Waals surface area contributed by atoms with E-state index in [-0.39, 0.29) is 24.6 Å². The number of carbonyl (C=O) groups is 2. The molecule has 2 atom stereocenters. The lowest BCUT2D eigenvalue weighted by atomic mass is 9.69. The van der Waals surface area contributed by atoms with Gasteiger partial charge in [0, 0.05) is 13.0 Å².